The Hall–Kier alpha value is -0.640. The highest BCUT2D eigenvalue weighted by Gasteiger charge is 2.29. The SMILES string of the molecule is CNC(=O)C1CCCN1CF. The molecule has 1 aliphatic heterocycles. The predicted molar refractivity (Wildman–Crippen MR) is 39.8 cm³/mol. The Bertz CT molecular complexity index is 151. The lowest BCUT2D eigenvalue weighted by Gasteiger charge is -2.18. The molecule has 1 heterocycles. The van der Waals surface area contributed by atoms with Gasteiger partial charge in [0.25, 0.3) is 0 Å². The molecule has 1 rings (SSSR count). The van der Waals surface area contributed by atoms with Gasteiger partial charge in [0.05, 0.1) is 6.04 Å². The van der Waals surface area contributed by atoms with E-state index >= 15 is 0 Å². The largest absolute Gasteiger partial charge is 0.358 e. The lowest BCUT2D eigenvalue weighted by Crippen LogP contribution is -2.41. The number of halogens is 1. The fourth-order valence-electron chi connectivity index (χ4n) is 1.43. The fraction of sp³-hybridized carbons (Fsp3) is 0.857. The van der Waals surface area contributed by atoms with Crippen LogP contribution in [0.4, 0.5) is 4.39 Å². The number of alkyl halides is 1. The van der Waals surface area contributed by atoms with Crippen LogP contribution in [-0.2, 0) is 4.79 Å². The van der Waals surface area contributed by atoms with Crippen molar-refractivity contribution in [1.29, 1.82) is 0 Å². The Morgan fingerprint density at radius 3 is 3.09 bits per heavy atom. The van der Waals surface area contributed by atoms with Crippen LogP contribution in [0.1, 0.15) is 12.8 Å². The molecule has 1 atom stereocenters. The van der Waals surface area contributed by atoms with Crippen LogP contribution in [0, 0.1) is 0 Å². The van der Waals surface area contributed by atoms with E-state index in [-0.39, 0.29) is 11.9 Å². The standard InChI is InChI=1S/C7H13FN2O/c1-9-7(11)6-3-2-4-10(6)5-8/h6H,2-5H2,1H3,(H,9,11). The Labute approximate surface area is 65.6 Å². The summed E-state index contributed by atoms with van der Waals surface area (Å²) in [5, 5.41) is 2.52. The van der Waals surface area contributed by atoms with Gasteiger partial charge in [-0.05, 0) is 12.8 Å². The van der Waals surface area contributed by atoms with E-state index in [9.17, 15) is 9.18 Å². The summed E-state index contributed by atoms with van der Waals surface area (Å²) >= 11 is 0. The third kappa shape index (κ3) is 1.68. The number of amides is 1. The number of hydrogen-bond acceptors (Lipinski definition) is 2. The zero-order valence-electron chi connectivity index (χ0n) is 6.64. The molecular formula is C7H13FN2O. The highest BCUT2D eigenvalue weighted by molar-refractivity contribution is 5.81. The van der Waals surface area contributed by atoms with Gasteiger partial charge in [-0.25, -0.2) is 4.39 Å². The van der Waals surface area contributed by atoms with E-state index in [2.05, 4.69) is 5.32 Å². The van der Waals surface area contributed by atoms with E-state index in [1.165, 1.54) is 0 Å². The molecule has 1 saturated heterocycles. The highest BCUT2D eigenvalue weighted by atomic mass is 19.1. The average Bonchev–Trinajstić information content (AvgIpc) is 2.50. The molecule has 1 unspecified atom stereocenters. The van der Waals surface area contributed by atoms with E-state index in [1.54, 1.807) is 11.9 Å². The first-order chi connectivity index (χ1) is 5.29. The molecule has 1 fully saturated rings. The molecule has 1 N–H and O–H groups in total. The van der Waals surface area contributed by atoms with Crippen LogP contribution in [-0.4, -0.2) is 37.2 Å². The Kier molecular flexibility index (Phi) is 2.82. The molecule has 0 aromatic heterocycles. The lowest BCUT2D eigenvalue weighted by molar-refractivity contribution is -0.125. The zero-order chi connectivity index (χ0) is 8.27. The van der Waals surface area contributed by atoms with E-state index in [1.807, 2.05) is 0 Å². The third-order valence-corrected chi connectivity index (χ3v) is 2.07. The molecule has 0 saturated carbocycles. The number of likely N-dealkylation sites (tertiary alicyclic amines) is 1. The zero-order valence-corrected chi connectivity index (χ0v) is 6.64. The number of nitrogens with one attached hydrogen (secondary N) is 1. The van der Waals surface area contributed by atoms with Gasteiger partial charge in [0, 0.05) is 13.6 Å². The quantitative estimate of drug-likeness (QED) is 0.582. The molecule has 0 aromatic carbocycles. The minimum Gasteiger partial charge on any atom is -0.358 e. The van der Waals surface area contributed by atoms with Crippen LogP contribution < -0.4 is 5.32 Å². The summed E-state index contributed by atoms with van der Waals surface area (Å²) in [4.78, 5) is 12.6. The van der Waals surface area contributed by atoms with Gasteiger partial charge < -0.3 is 5.32 Å². The molecule has 64 valence electrons. The molecule has 1 amide bonds. The lowest BCUT2D eigenvalue weighted by atomic mass is 10.2. The fourth-order valence-corrected chi connectivity index (χ4v) is 1.43. The monoisotopic (exact) mass is 160 g/mol. The van der Waals surface area contributed by atoms with Gasteiger partial charge in [0.1, 0.15) is 6.80 Å². The Morgan fingerprint density at radius 1 is 1.82 bits per heavy atom. The van der Waals surface area contributed by atoms with Crippen molar-refractivity contribution in [1.82, 2.24) is 10.2 Å². The molecule has 0 bridgehead atoms. The van der Waals surface area contributed by atoms with E-state index < -0.39 is 6.80 Å². The number of carbonyl (C=O) groups is 1. The first-order valence-electron chi connectivity index (χ1n) is 3.81. The molecule has 11 heavy (non-hydrogen) atoms. The molecule has 3 nitrogen and oxygen atoms in total. The van der Waals surface area contributed by atoms with Crippen LogP contribution in [0.3, 0.4) is 0 Å². The van der Waals surface area contributed by atoms with Gasteiger partial charge in [0.2, 0.25) is 5.91 Å². The molecule has 0 aromatic rings. The molecule has 1 aliphatic rings. The number of likely N-dealkylation sites (N-methyl/N-ethyl adjacent to an activating group) is 1. The third-order valence-electron chi connectivity index (χ3n) is 2.07. The van der Waals surface area contributed by atoms with Gasteiger partial charge in [-0.2, -0.15) is 0 Å². The van der Waals surface area contributed by atoms with E-state index in [0.29, 0.717) is 6.54 Å². The summed E-state index contributed by atoms with van der Waals surface area (Å²) in [5.74, 6) is -0.0693. The van der Waals surface area contributed by atoms with Crippen molar-refractivity contribution < 1.29 is 9.18 Å². The van der Waals surface area contributed by atoms with Crippen LogP contribution >= 0.6 is 0 Å². The first-order valence-corrected chi connectivity index (χ1v) is 3.81. The summed E-state index contributed by atoms with van der Waals surface area (Å²) in [7, 11) is 1.58. The molecular weight excluding hydrogens is 147 g/mol. The van der Waals surface area contributed by atoms with Gasteiger partial charge in [-0.15, -0.1) is 0 Å². The normalized spacial score (nSPS) is 25.5. The summed E-state index contributed by atoms with van der Waals surface area (Å²) in [6, 6.07) is -0.231. The smallest absolute Gasteiger partial charge is 0.237 e. The highest BCUT2D eigenvalue weighted by Crippen LogP contribution is 2.16. The number of rotatable bonds is 2. The molecule has 0 spiro atoms. The van der Waals surface area contributed by atoms with Crippen LogP contribution in [0.25, 0.3) is 0 Å². The van der Waals surface area contributed by atoms with Crippen LogP contribution in [0.5, 0.6) is 0 Å². The topological polar surface area (TPSA) is 32.3 Å². The van der Waals surface area contributed by atoms with Crippen LogP contribution in [0.15, 0.2) is 0 Å². The van der Waals surface area contributed by atoms with Gasteiger partial charge in [-0.1, -0.05) is 0 Å². The average molecular weight is 160 g/mol. The van der Waals surface area contributed by atoms with Gasteiger partial charge in [0.15, 0.2) is 0 Å². The van der Waals surface area contributed by atoms with Gasteiger partial charge >= 0.3 is 0 Å². The summed E-state index contributed by atoms with van der Waals surface area (Å²) in [5.41, 5.74) is 0. The molecule has 0 aliphatic carbocycles. The number of carbonyl (C=O) groups excluding carboxylic acids is 1. The Balaban J connectivity index is 2.49. The van der Waals surface area contributed by atoms with Crippen molar-refractivity contribution in [2.45, 2.75) is 18.9 Å². The predicted octanol–water partition coefficient (Wildman–Crippen LogP) is 0.124. The minimum absolute atomic E-state index is 0.0693. The molecule has 4 heteroatoms. The summed E-state index contributed by atoms with van der Waals surface area (Å²) in [6.07, 6.45) is 1.70. The number of nitrogens with zero attached hydrogens (tertiary/aromatic N) is 1. The van der Waals surface area contributed by atoms with Crippen molar-refractivity contribution in [2.75, 3.05) is 20.4 Å². The van der Waals surface area contributed by atoms with Gasteiger partial charge in [-0.3, -0.25) is 9.69 Å². The Morgan fingerprint density at radius 2 is 2.55 bits per heavy atom. The van der Waals surface area contributed by atoms with Crippen molar-refractivity contribution >= 4 is 5.91 Å². The maximum absolute atomic E-state index is 12.2. The minimum atomic E-state index is -0.516. The number of hydrogen-bond donors (Lipinski definition) is 1. The second kappa shape index (κ2) is 3.67. The van der Waals surface area contributed by atoms with Crippen molar-refractivity contribution in [3.05, 3.63) is 0 Å². The maximum Gasteiger partial charge on any atom is 0.237 e. The second-order valence-corrected chi connectivity index (χ2v) is 2.70. The van der Waals surface area contributed by atoms with Crippen molar-refractivity contribution in [2.24, 2.45) is 0 Å². The van der Waals surface area contributed by atoms with Crippen LogP contribution in [0.2, 0.25) is 0 Å². The summed E-state index contributed by atoms with van der Waals surface area (Å²) < 4.78 is 12.2. The second-order valence-electron chi connectivity index (χ2n) is 2.70. The van der Waals surface area contributed by atoms with Crippen molar-refractivity contribution in [3.63, 3.8) is 0 Å². The van der Waals surface area contributed by atoms with Crippen molar-refractivity contribution in [3.8, 4) is 0 Å². The summed E-state index contributed by atoms with van der Waals surface area (Å²) in [6.45, 7) is 0.187. The van der Waals surface area contributed by atoms with E-state index in [4.69, 9.17) is 0 Å². The molecule has 0 radical (unpaired) electrons. The maximum atomic E-state index is 12.2. The first kappa shape index (κ1) is 8.46. The van der Waals surface area contributed by atoms with E-state index in [0.717, 1.165) is 12.8 Å².